The van der Waals surface area contributed by atoms with Gasteiger partial charge in [0.15, 0.2) is 5.76 Å². The Labute approximate surface area is 204 Å². The van der Waals surface area contributed by atoms with E-state index in [4.69, 9.17) is 4.42 Å². The number of nitrogens with one attached hydrogen (secondary N) is 2. The SMILES string of the molecule is Cc1cc(C)cc(N(C(=O)CNC(=O)c2ccco2)[C@@H](C(=O)NC2CCCC2)c2cccnc2)c1. The number of carbonyl (C=O) groups is 3. The molecular weight excluding hydrogens is 444 g/mol. The molecule has 4 rings (SSSR count). The van der Waals surface area contributed by atoms with E-state index in [0.29, 0.717) is 11.3 Å². The molecule has 3 amide bonds. The molecule has 2 N–H and O–H groups in total. The van der Waals surface area contributed by atoms with Gasteiger partial charge in [0, 0.05) is 29.7 Å². The minimum atomic E-state index is -0.946. The van der Waals surface area contributed by atoms with E-state index in [1.54, 1.807) is 30.6 Å². The van der Waals surface area contributed by atoms with Crippen LogP contribution >= 0.6 is 0 Å². The van der Waals surface area contributed by atoms with Gasteiger partial charge in [-0.25, -0.2) is 0 Å². The minimum absolute atomic E-state index is 0.0801. The number of aryl methyl sites for hydroxylation is 2. The van der Waals surface area contributed by atoms with E-state index in [1.807, 2.05) is 32.0 Å². The quantitative estimate of drug-likeness (QED) is 0.516. The number of nitrogens with zero attached hydrogens (tertiary/aromatic N) is 2. The molecule has 1 aliphatic rings. The lowest BCUT2D eigenvalue weighted by Crippen LogP contribution is -2.49. The maximum atomic E-state index is 13.7. The third kappa shape index (κ3) is 5.95. The second-order valence-electron chi connectivity index (χ2n) is 8.95. The molecule has 0 saturated heterocycles. The average molecular weight is 475 g/mol. The number of hydrogen-bond acceptors (Lipinski definition) is 5. The fourth-order valence-electron chi connectivity index (χ4n) is 4.57. The van der Waals surface area contributed by atoms with Gasteiger partial charge < -0.3 is 15.1 Å². The van der Waals surface area contributed by atoms with Crippen LogP contribution in [0.1, 0.15) is 59.0 Å². The minimum Gasteiger partial charge on any atom is -0.459 e. The Morgan fingerprint density at radius 3 is 2.46 bits per heavy atom. The number of hydrogen-bond donors (Lipinski definition) is 2. The average Bonchev–Trinajstić information content (AvgIpc) is 3.55. The summed E-state index contributed by atoms with van der Waals surface area (Å²) in [5, 5.41) is 5.75. The van der Waals surface area contributed by atoms with Crippen LogP contribution in [0.2, 0.25) is 0 Å². The molecule has 35 heavy (non-hydrogen) atoms. The van der Waals surface area contributed by atoms with E-state index >= 15 is 0 Å². The summed E-state index contributed by atoms with van der Waals surface area (Å²) < 4.78 is 5.12. The van der Waals surface area contributed by atoms with Crippen LogP contribution in [0, 0.1) is 13.8 Å². The summed E-state index contributed by atoms with van der Waals surface area (Å²) in [6.45, 7) is 3.57. The van der Waals surface area contributed by atoms with E-state index in [0.717, 1.165) is 36.8 Å². The van der Waals surface area contributed by atoms with Crippen LogP contribution in [0.15, 0.2) is 65.5 Å². The van der Waals surface area contributed by atoms with Crippen molar-refractivity contribution in [2.24, 2.45) is 0 Å². The summed E-state index contributed by atoms with van der Waals surface area (Å²) in [5.74, 6) is -1.09. The molecule has 0 radical (unpaired) electrons. The van der Waals surface area contributed by atoms with E-state index in [2.05, 4.69) is 15.6 Å². The summed E-state index contributed by atoms with van der Waals surface area (Å²) >= 11 is 0. The van der Waals surface area contributed by atoms with Gasteiger partial charge in [-0.05, 0) is 68.1 Å². The number of carbonyl (C=O) groups excluding carboxylic acids is 3. The highest BCUT2D eigenvalue weighted by Gasteiger charge is 2.34. The molecule has 8 nitrogen and oxygen atoms in total. The summed E-state index contributed by atoms with van der Waals surface area (Å²) in [6, 6.07) is 11.5. The maximum absolute atomic E-state index is 13.7. The molecule has 0 aliphatic heterocycles. The zero-order valence-corrected chi connectivity index (χ0v) is 20.0. The number of furan rings is 1. The normalized spacial score (nSPS) is 14.3. The molecule has 2 aromatic heterocycles. The largest absolute Gasteiger partial charge is 0.459 e. The van der Waals surface area contributed by atoms with Gasteiger partial charge in [-0.3, -0.25) is 24.3 Å². The van der Waals surface area contributed by atoms with Crippen molar-refractivity contribution in [1.29, 1.82) is 0 Å². The number of anilines is 1. The predicted molar refractivity (Wildman–Crippen MR) is 132 cm³/mol. The topological polar surface area (TPSA) is 105 Å². The standard InChI is InChI=1S/C27H30N4O4/c1-18-13-19(2)15-22(14-18)31(24(32)17-29-26(33)23-10-6-12-35-23)25(20-7-5-11-28-16-20)27(34)30-21-8-3-4-9-21/h5-7,10-16,21,25H,3-4,8-9,17H2,1-2H3,(H,29,33)(H,30,34)/t25-/m1/s1. The fraction of sp³-hybridized carbons (Fsp3) is 0.333. The van der Waals surface area contributed by atoms with Gasteiger partial charge in [0.1, 0.15) is 6.04 Å². The van der Waals surface area contributed by atoms with Crippen molar-refractivity contribution < 1.29 is 18.8 Å². The molecule has 0 unspecified atom stereocenters. The van der Waals surface area contributed by atoms with Crippen LogP contribution in [0.4, 0.5) is 5.69 Å². The summed E-state index contributed by atoms with van der Waals surface area (Å²) in [5.41, 5.74) is 3.08. The molecule has 0 spiro atoms. The maximum Gasteiger partial charge on any atom is 0.287 e. The van der Waals surface area contributed by atoms with Gasteiger partial charge >= 0.3 is 0 Å². The number of amides is 3. The highest BCUT2D eigenvalue weighted by Crippen LogP contribution is 2.30. The summed E-state index contributed by atoms with van der Waals surface area (Å²) in [7, 11) is 0. The molecule has 3 aromatic rings. The molecule has 1 aliphatic carbocycles. The number of pyridine rings is 1. The van der Waals surface area contributed by atoms with Gasteiger partial charge in [-0.1, -0.05) is 25.0 Å². The lowest BCUT2D eigenvalue weighted by molar-refractivity contribution is -0.126. The lowest BCUT2D eigenvalue weighted by Gasteiger charge is -2.32. The molecule has 1 saturated carbocycles. The first-order chi connectivity index (χ1) is 16.9. The Morgan fingerprint density at radius 1 is 1.09 bits per heavy atom. The molecule has 1 atom stereocenters. The van der Waals surface area contributed by atoms with E-state index in [9.17, 15) is 14.4 Å². The van der Waals surface area contributed by atoms with Gasteiger partial charge in [-0.15, -0.1) is 0 Å². The van der Waals surface area contributed by atoms with Crippen molar-refractivity contribution >= 4 is 23.4 Å². The molecule has 182 valence electrons. The lowest BCUT2D eigenvalue weighted by atomic mass is 10.0. The van der Waals surface area contributed by atoms with Crippen LogP contribution in [-0.2, 0) is 9.59 Å². The first-order valence-electron chi connectivity index (χ1n) is 11.8. The molecule has 0 bridgehead atoms. The fourth-order valence-corrected chi connectivity index (χ4v) is 4.57. The predicted octanol–water partition coefficient (Wildman–Crippen LogP) is 3.85. The van der Waals surface area contributed by atoms with E-state index < -0.39 is 17.9 Å². The van der Waals surface area contributed by atoms with E-state index in [-0.39, 0.29) is 24.3 Å². The Balaban J connectivity index is 1.69. The van der Waals surface area contributed by atoms with Crippen molar-refractivity contribution in [3.63, 3.8) is 0 Å². The highest BCUT2D eigenvalue weighted by molar-refractivity contribution is 6.04. The molecule has 8 heteroatoms. The summed E-state index contributed by atoms with van der Waals surface area (Å²) in [6.07, 6.45) is 8.60. The van der Waals surface area contributed by atoms with Crippen molar-refractivity contribution in [3.05, 3.63) is 83.6 Å². The molecule has 1 fully saturated rings. The Morgan fingerprint density at radius 2 is 1.83 bits per heavy atom. The van der Waals surface area contributed by atoms with Crippen LogP contribution < -0.4 is 15.5 Å². The third-order valence-electron chi connectivity index (χ3n) is 6.11. The monoisotopic (exact) mass is 474 g/mol. The number of rotatable bonds is 8. The Hall–Kier alpha value is -3.94. The van der Waals surface area contributed by atoms with Crippen LogP contribution in [0.5, 0.6) is 0 Å². The van der Waals surface area contributed by atoms with Crippen molar-refractivity contribution in [2.45, 2.75) is 51.6 Å². The van der Waals surface area contributed by atoms with E-state index in [1.165, 1.54) is 17.2 Å². The van der Waals surface area contributed by atoms with Gasteiger partial charge in [0.25, 0.3) is 5.91 Å². The summed E-state index contributed by atoms with van der Waals surface area (Å²) in [4.78, 5) is 45.4. The Bertz CT molecular complexity index is 1150. The molecular formula is C27H30N4O4. The van der Waals surface area contributed by atoms with Gasteiger partial charge in [-0.2, -0.15) is 0 Å². The van der Waals surface area contributed by atoms with Gasteiger partial charge in [0.2, 0.25) is 11.8 Å². The Kier molecular flexibility index (Phi) is 7.60. The zero-order valence-electron chi connectivity index (χ0n) is 20.0. The number of benzene rings is 1. The molecule has 2 heterocycles. The first kappa shape index (κ1) is 24.2. The van der Waals surface area contributed by atoms with Crippen LogP contribution in [-0.4, -0.2) is 35.3 Å². The van der Waals surface area contributed by atoms with Crippen LogP contribution in [0.25, 0.3) is 0 Å². The van der Waals surface area contributed by atoms with Crippen molar-refractivity contribution in [2.75, 3.05) is 11.4 Å². The van der Waals surface area contributed by atoms with Gasteiger partial charge in [0.05, 0.1) is 12.8 Å². The number of aromatic nitrogens is 1. The second kappa shape index (κ2) is 11.0. The zero-order chi connectivity index (χ0) is 24.8. The smallest absolute Gasteiger partial charge is 0.287 e. The second-order valence-corrected chi connectivity index (χ2v) is 8.95. The highest BCUT2D eigenvalue weighted by atomic mass is 16.3. The van der Waals surface area contributed by atoms with Crippen molar-refractivity contribution in [3.8, 4) is 0 Å². The van der Waals surface area contributed by atoms with Crippen LogP contribution in [0.3, 0.4) is 0 Å². The first-order valence-corrected chi connectivity index (χ1v) is 11.8. The van der Waals surface area contributed by atoms with Crippen molar-refractivity contribution in [1.82, 2.24) is 15.6 Å². The molecule has 1 aromatic carbocycles. The third-order valence-corrected chi connectivity index (χ3v) is 6.11.